The average molecular weight is 540 g/mol. The van der Waals surface area contributed by atoms with Gasteiger partial charge in [0.15, 0.2) is 0 Å². The van der Waals surface area contributed by atoms with Crippen LogP contribution < -0.4 is 10.2 Å². The molecule has 4 aromatic carbocycles. The Kier molecular flexibility index (Phi) is 7.66. The maximum absolute atomic E-state index is 14.1. The van der Waals surface area contributed by atoms with Gasteiger partial charge in [-0.2, -0.15) is 0 Å². The Morgan fingerprint density at radius 3 is 2.26 bits per heavy atom. The molecule has 4 aromatic rings. The lowest BCUT2D eigenvalue weighted by atomic mass is 10.0. The van der Waals surface area contributed by atoms with Crippen molar-refractivity contribution in [1.82, 2.24) is 10.2 Å². The van der Waals surface area contributed by atoms with Gasteiger partial charge in [0.05, 0.1) is 5.69 Å². The first-order valence-electron chi connectivity index (χ1n) is 13.0. The van der Waals surface area contributed by atoms with Crippen LogP contribution in [0, 0.1) is 0 Å². The zero-order chi connectivity index (χ0) is 27.5. The topological polar surface area (TPSA) is 69.7 Å². The Hall–Kier alpha value is -4.16. The Morgan fingerprint density at radius 2 is 1.56 bits per heavy atom. The zero-order valence-electron chi connectivity index (χ0n) is 21.9. The maximum atomic E-state index is 14.1. The minimum absolute atomic E-state index is 0.101. The monoisotopic (exact) mass is 539 g/mol. The highest BCUT2D eigenvalue weighted by molar-refractivity contribution is 6.30. The van der Waals surface area contributed by atoms with Crippen molar-refractivity contribution in [3.05, 3.63) is 113 Å². The molecule has 0 radical (unpaired) electrons. The van der Waals surface area contributed by atoms with Crippen LogP contribution in [0.5, 0.6) is 0 Å². The number of halogens is 1. The molecule has 1 aliphatic rings. The van der Waals surface area contributed by atoms with Crippen LogP contribution in [0.4, 0.5) is 5.69 Å². The first-order chi connectivity index (χ1) is 18.8. The number of nitrogens with one attached hydrogen (secondary N) is 1. The van der Waals surface area contributed by atoms with Crippen LogP contribution in [0.15, 0.2) is 91.0 Å². The van der Waals surface area contributed by atoms with E-state index in [1.165, 1.54) is 4.90 Å². The minimum atomic E-state index is -0.783. The van der Waals surface area contributed by atoms with Gasteiger partial charge < -0.3 is 10.2 Å². The average Bonchev–Trinajstić information content (AvgIpc) is 3.19. The summed E-state index contributed by atoms with van der Waals surface area (Å²) in [6, 6.07) is 27.3. The smallest absolute Gasteiger partial charge is 0.259 e. The van der Waals surface area contributed by atoms with Crippen molar-refractivity contribution in [1.29, 1.82) is 0 Å². The van der Waals surface area contributed by atoms with Crippen molar-refractivity contribution in [3.63, 3.8) is 0 Å². The molecule has 1 heterocycles. The van der Waals surface area contributed by atoms with Gasteiger partial charge in [0.2, 0.25) is 11.8 Å². The predicted molar refractivity (Wildman–Crippen MR) is 155 cm³/mol. The molecule has 198 valence electrons. The van der Waals surface area contributed by atoms with E-state index in [0.29, 0.717) is 22.7 Å². The van der Waals surface area contributed by atoms with Crippen LogP contribution in [-0.2, 0) is 22.6 Å². The van der Waals surface area contributed by atoms with E-state index in [0.717, 1.165) is 21.9 Å². The molecule has 0 aromatic heterocycles. The second-order valence-corrected chi connectivity index (χ2v) is 10.5. The number of benzene rings is 4. The van der Waals surface area contributed by atoms with E-state index >= 15 is 0 Å². The normalized spacial score (nSPS) is 13.1. The first-order valence-corrected chi connectivity index (χ1v) is 13.4. The van der Waals surface area contributed by atoms with Crippen LogP contribution in [0.25, 0.3) is 10.8 Å². The predicted octanol–water partition coefficient (Wildman–Crippen LogP) is 5.62. The van der Waals surface area contributed by atoms with Gasteiger partial charge in [-0.05, 0) is 54.6 Å². The van der Waals surface area contributed by atoms with Gasteiger partial charge in [-0.1, -0.05) is 78.3 Å². The molecule has 1 atom stereocenters. The van der Waals surface area contributed by atoms with Gasteiger partial charge in [0, 0.05) is 35.0 Å². The van der Waals surface area contributed by atoms with Crippen LogP contribution in [0.2, 0.25) is 5.02 Å². The molecule has 3 amide bonds. The summed E-state index contributed by atoms with van der Waals surface area (Å²) in [6.45, 7) is 3.80. The highest BCUT2D eigenvalue weighted by atomic mass is 35.5. The van der Waals surface area contributed by atoms with Gasteiger partial charge in [-0.25, -0.2) is 0 Å². The number of carbonyl (C=O) groups is 3. The molecule has 6 nitrogen and oxygen atoms in total. The van der Waals surface area contributed by atoms with E-state index in [4.69, 9.17) is 11.6 Å². The third kappa shape index (κ3) is 5.66. The molecule has 1 aliphatic heterocycles. The quantitative estimate of drug-likeness (QED) is 0.300. The maximum Gasteiger partial charge on any atom is 0.259 e. The van der Waals surface area contributed by atoms with Crippen molar-refractivity contribution in [2.45, 2.75) is 38.9 Å². The Labute approximate surface area is 233 Å². The van der Waals surface area contributed by atoms with Crippen molar-refractivity contribution in [2.75, 3.05) is 11.4 Å². The molecular formula is C32H30ClN3O3. The number of hydrogen-bond donors (Lipinski definition) is 1. The number of carbonyl (C=O) groups excluding carboxylic acids is 3. The first kappa shape index (κ1) is 26.4. The number of hydrogen-bond acceptors (Lipinski definition) is 3. The largest absolute Gasteiger partial charge is 0.352 e. The summed E-state index contributed by atoms with van der Waals surface area (Å²) < 4.78 is 0. The summed E-state index contributed by atoms with van der Waals surface area (Å²) in [4.78, 5) is 44.3. The standard InChI is InChI=1S/C32H30ClN3O3/c1-21(2)34-31(38)28(18-22-8-4-3-5-9-22)35(19-23-14-16-25(33)17-15-23)29(37)20-36-27-13-7-11-24-10-6-12-26(30(24)27)32(36)39/h3-17,21,28H,18-20H2,1-2H3,(H,34,38). The van der Waals surface area contributed by atoms with E-state index in [1.807, 2.05) is 86.6 Å². The molecule has 0 spiro atoms. The highest BCUT2D eigenvalue weighted by Crippen LogP contribution is 2.37. The van der Waals surface area contributed by atoms with E-state index in [9.17, 15) is 14.4 Å². The molecule has 7 heteroatoms. The lowest BCUT2D eigenvalue weighted by molar-refractivity contribution is -0.140. The van der Waals surface area contributed by atoms with Gasteiger partial charge in [-0.3, -0.25) is 19.3 Å². The fourth-order valence-corrected chi connectivity index (χ4v) is 5.21. The van der Waals surface area contributed by atoms with E-state index in [1.54, 1.807) is 23.1 Å². The van der Waals surface area contributed by atoms with Crippen LogP contribution in [0.3, 0.4) is 0 Å². The molecule has 0 saturated carbocycles. The SMILES string of the molecule is CC(C)NC(=O)C(Cc1ccccc1)N(Cc1ccc(Cl)cc1)C(=O)CN1C(=O)c2cccc3cccc1c23. The molecule has 1 unspecified atom stereocenters. The molecule has 5 rings (SSSR count). The van der Waals surface area contributed by atoms with Crippen LogP contribution >= 0.6 is 11.6 Å². The van der Waals surface area contributed by atoms with Crippen LogP contribution in [-0.4, -0.2) is 41.2 Å². The second-order valence-electron chi connectivity index (χ2n) is 10.1. The Morgan fingerprint density at radius 1 is 0.872 bits per heavy atom. The summed E-state index contributed by atoms with van der Waals surface area (Å²) in [5.74, 6) is -0.773. The Balaban J connectivity index is 1.51. The highest BCUT2D eigenvalue weighted by Gasteiger charge is 2.35. The lowest BCUT2D eigenvalue weighted by Gasteiger charge is -2.33. The number of nitrogens with zero attached hydrogens (tertiary/aromatic N) is 2. The summed E-state index contributed by atoms with van der Waals surface area (Å²) in [5.41, 5.74) is 3.06. The molecule has 0 aliphatic carbocycles. The van der Waals surface area contributed by atoms with Gasteiger partial charge >= 0.3 is 0 Å². The van der Waals surface area contributed by atoms with Gasteiger partial charge in [0.25, 0.3) is 5.91 Å². The van der Waals surface area contributed by atoms with Gasteiger partial charge in [0.1, 0.15) is 12.6 Å². The summed E-state index contributed by atoms with van der Waals surface area (Å²) >= 11 is 6.11. The van der Waals surface area contributed by atoms with Crippen molar-refractivity contribution < 1.29 is 14.4 Å². The van der Waals surface area contributed by atoms with E-state index in [-0.39, 0.29) is 36.9 Å². The minimum Gasteiger partial charge on any atom is -0.352 e. The summed E-state index contributed by atoms with van der Waals surface area (Å²) in [5, 5.41) is 5.37. The molecule has 1 N–H and O–H groups in total. The number of anilines is 1. The fourth-order valence-electron chi connectivity index (χ4n) is 5.08. The molecule has 0 fully saturated rings. The van der Waals surface area contributed by atoms with Crippen LogP contribution in [0.1, 0.15) is 35.3 Å². The van der Waals surface area contributed by atoms with Crippen molar-refractivity contribution >= 4 is 45.8 Å². The fraction of sp³-hybridized carbons (Fsp3) is 0.219. The second kappa shape index (κ2) is 11.3. The third-order valence-corrected chi connectivity index (χ3v) is 7.16. The Bertz CT molecular complexity index is 1510. The van der Waals surface area contributed by atoms with Gasteiger partial charge in [-0.15, -0.1) is 0 Å². The number of amides is 3. The zero-order valence-corrected chi connectivity index (χ0v) is 22.7. The third-order valence-electron chi connectivity index (χ3n) is 6.91. The molecule has 39 heavy (non-hydrogen) atoms. The number of rotatable bonds is 9. The summed E-state index contributed by atoms with van der Waals surface area (Å²) in [6.07, 6.45) is 0.336. The summed E-state index contributed by atoms with van der Waals surface area (Å²) in [7, 11) is 0. The van der Waals surface area contributed by atoms with Crippen molar-refractivity contribution in [2.24, 2.45) is 0 Å². The van der Waals surface area contributed by atoms with E-state index < -0.39 is 6.04 Å². The van der Waals surface area contributed by atoms with E-state index in [2.05, 4.69) is 5.32 Å². The van der Waals surface area contributed by atoms with Crippen molar-refractivity contribution in [3.8, 4) is 0 Å². The molecular weight excluding hydrogens is 510 g/mol. The lowest BCUT2D eigenvalue weighted by Crippen LogP contribution is -2.54. The molecule has 0 bridgehead atoms. The molecule has 0 saturated heterocycles.